The number of rotatable bonds is 5. The third kappa shape index (κ3) is 2.75. The molecule has 0 bridgehead atoms. The zero-order valence-corrected chi connectivity index (χ0v) is 10.3. The molecule has 18 heavy (non-hydrogen) atoms. The minimum atomic E-state index is -0.249. The highest BCUT2D eigenvalue weighted by atomic mass is 19.1. The van der Waals surface area contributed by atoms with Crippen molar-refractivity contribution in [1.82, 2.24) is 15.2 Å². The lowest BCUT2D eigenvalue weighted by Crippen LogP contribution is -2.30. The van der Waals surface area contributed by atoms with Gasteiger partial charge < -0.3 is 0 Å². The Hall–Kier alpha value is -1.72. The third-order valence-electron chi connectivity index (χ3n) is 2.93. The fourth-order valence-corrected chi connectivity index (χ4v) is 1.94. The van der Waals surface area contributed by atoms with Gasteiger partial charge >= 0.3 is 0 Å². The first kappa shape index (κ1) is 12.7. The number of nitrogens with zero attached hydrogens (tertiary/aromatic N) is 2. The van der Waals surface area contributed by atoms with Crippen molar-refractivity contribution in [3.63, 3.8) is 0 Å². The standard InChI is InChI=1S/C13H17FN4/c1-2-18-9-10(8-16-18)7-13(17-15)11-5-3-4-6-12(11)14/h3-6,8-9,13,17H,2,7,15H2,1H3. The van der Waals surface area contributed by atoms with Crippen molar-refractivity contribution in [2.75, 3.05) is 0 Å². The van der Waals surface area contributed by atoms with Crippen molar-refractivity contribution in [1.29, 1.82) is 0 Å². The molecule has 96 valence electrons. The average molecular weight is 248 g/mol. The molecule has 0 aliphatic heterocycles. The summed E-state index contributed by atoms with van der Waals surface area (Å²) in [5.74, 6) is 5.27. The van der Waals surface area contributed by atoms with Gasteiger partial charge in [-0.2, -0.15) is 5.10 Å². The van der Waals surface area contributed by atoms with E-state index in [4.69, 9.17) is 5.84 Å². The fraction of sp³-hybridized carbons (Fsp3) is 0.308. The van der Waals surface area contributed by atoms with E-state index in [-0.39, 0.29) is 11.9 Å². The van der Waals surface area contributed by atoms with E-state index in [2.05, 4.69) is 10.5 Å². The Morgan fingerprint density at radius 3 is 2.83 bits per heavy atom. The van der Waals surface area contributed by atoms with Crippen LogP contribution in [0.3, 0.4) is 0 Å². The number of hydrogen-bond donors (Lipinski definition) is 2. The summed E-state index contributed by atoms with van der Waals surface area (Å²) in [5.41, 5.74) is 4.26. The maximum absolute atomic E-state index is 13.7. The van der Waals surface area contributed by atoms with Gasteiger partial charge in [0, 0.05) is 18.3 Å². The number of benzene rings is 1. The maximum atomic E-state index is 13.7. The van der Waals surface area contributed by atoms with Gasteiger partial charge in [0.1, 0.15) is 5.82 Å². The number of nitrogens with two attached hydrogens (primary N) is 1. The lowest BCUT2D eigenvalue weighted by atomic mass is 10.0. The zero-order chi connectivity index (χ0) is 13.0. The van der Waals surface area contributed by atoms with E-state index in [0.29, 0.717) is 12.0 Å². The molecule has 0 aliphatic carbocycles. The van der Waals surface area contributed by atoms with Crippen LogP contribution in [0.1, 0.15) is 24.1 Å². The molecule has 0 amide bonds. The molecule has 1 atom stereocenters. The molecule has 4 nitrogen and oxygen atoms in total. The molecular formula is C13H17FN4. The van der Waals surface area contributed by atoms with Gasteiger partial charge in [-0.15, -0.1) is 0 Å². The van der Waals surface area contributed by atoms with Crippen molar-refractivity contribution < 1.29 is 4.39 Å². The highest BCUT2D eigenvalue weighted by molar-refractivity contribution is 5.23. The van der Waals surface area contributed by atoms with Crippen LogP contribution in [0.4, 0.5) is 4.39 Å². The van der Waals surface area contributed by atoms with Gasteiger partial charge in [-0.05, 0) is 25.0 Å². The third-order valence-corrected chi connectivity index (χ3v) is 2.93. The summed E-state index contributed by atoms with van der Waals surface area (Å²) in [5, 5.41) is 4.19. The molecule has 0 fully saturated rings. The lowest BCUT2D eigenvalue weighted by molar-refractivity contribution is 0.510. The second kappa shape index (κ2) is 5.75. The van der Waals surface area contributed by atoms with Crippen molar-refractivity contribution in [2.45, 2.75) is 25.9 Å². The molecule has 0 aliphatic rings. The van der Waals surface area contributed by atoms with E-state index < -0.39 is 0 Å². The number of hydrogen-bond acceptors (Lipinski definition) is 3. The van der Waals surface area contributed by atoms with Gasteiger partial charge in [-0.1, -0.05) is 18.2 Å². The highest BCUT2D eigenvalue weighted by Crippen LogP contribution is 2.20. The molecule has 0 spiro atoms. The summed E-state index contributed by atoms with van der Waals surface area (Å²) >= 11 is 0. The summed E-state index contributed by atoms with van der Waals surface area (Å²) in [4.78, 5) is 0. The lowest BCUT2D eigenvalue weighted by Gasteiger charge is -2.16. The molecule has 0 saturated carbocycles. The Bertz CT molecular complexity index is 509. The molecule has 0 radical (unpaired) electrons. The van der Waals surface area contributed by atoms with Gasteiger partial charge in [0.05, 0.1) is 12.2 Å². The predicted molar refractivity (Wildman–Crippen MR) is 68.1 cm³/mol. The van der Waals surface area contributed by atoms with E-state index in [9.17, 15) is 4.39 Å². The smallest absolute Gasteiger partial charge is 0.128 e. The Morgan fingerprint density at radius 1 is 1.44 bits per heavy atom. The molecule has 5 heteroatoms. The minimum Gasteiger partial charge on any atom is -0.273 e. The average Bonchev–Trinajstić information content (AvgIpc) is 2.85. The van der Waals surface area contributed by atoms with E-state index >= 15 is 0 Å². The monoisotopic (exact) mass is 248 g/mol. The molecule has 2 aromatic rings. The van der Waals surface area contributed by atoms with Crippen molar-refractivity contribution >= 4 is 0 Å². The largest absolute Gasteiger partial charge is 0.273 e. The Labute approximate surface area is 106 Å². The molecule has 1 unspecified atom stereocenters. The first-order valence-electron chi connectivity index (χ1n) is 5.96. The molecular weight excluding hydrogens is 231 g/mol. The van der Waals surface area contributed by atoms with E-state index in [1.165, 1.54) is 6.07 Å². The number of nitrogens with one attached hydrogen (secondary N) is 1. The number of halogens is 1. The first-order valence-corrected chi connectivity index (χ1v) is 5.96. The molecule has 1 aromatic heterocycles. The summed E-state index contributed by atoms with van der Waals surface area (Å²) in [6.07, 6.45) is 4.34. The van der Waals surface area contributed by atoms with E-state index in [1.807, 2.05) is 17.8 Å². The second-order valence-corrected chi connectivity index (χ2v) is 4.15. The van der Waals surface area contributed by atoms with Crippen LogP contribution >= 0.6 is 0 Å². The summed E-state index contributed by atoms with van der Waals surface area (Å²) in [6.45, 7) is 2.84. The second-order valence-electron chi connectivity index (χ2n) is 4.15. The van der Waals surface area contributed by atoms with Crippen LogP contribution in [0.2, 0.25) is 0 Å². The fourth-order valence-electron chi connectivity index (χ4n) is 1.94. The van der Waals surface area contributed by atoms with Gasteiger partial charge in [0.2, 0.25) is 0 Å². The van der Waals surface area contributed by atoms with Crippen LogP contribution in [0.5, 0.6) is 0 Å². The molecule has 1 heterocycles. The van der Waals surface area contributed by atoms with Gasteiger partial charge in [-0.3, -0.25) is 16.0 Å². The summed E-state index contributed by atoms with van der Waals surface area (Å²) < 4.78 is 15.5. The number of aromatic nitrogens is 2. The van der Waals surface area contributed by atoms with Crippen LogP contribution in [0, 0.1) is 5.82 Å². The van der Waals surface area contributed by atoms with E-state index in [0.717, 1.165) is 12.1 Å². The van der Waals surface area contributed by atoms with E-state index in [1.54, 1.807) is 24.4 Å². The van der Waals surface area contributed by atoms with Crippen LogP contribution < -0.4 is 11.3 Å². The molecule has 0 saturated heterocycles. The van der Waals surface area contributed by atoms with Gasteiger partial charge in [0.15, 0.2) is 0 Å². The number of aryl methyl sites for hydroxylation is 1. The Morgan fingerprint density at radius 2 is 2.22 bits per heavy atom. The van der Waals surface area contributed by atoms with Crippen molar-refractivity contribution in [3.05, 3.63) is 53.6 Å². The van der Waals surface area contributed by atoms with Crippen LogP contribution in [0.15, 0.2) is 36.7 Å². The van der Waals surface area contributed by atoms with Crippen LogP contribution in [0.25, 0.3) is 0 Å². The van der Waals surface area contributed by atoms with Crippen LogP contribution in [-0.4, -0.2) is 9.78 Å². The topological polar surface area (TPSA) is 55.9 Å². The maximum Gasteiger partial charge on any atom is 0.128 e. The zero-order valence-electron chi connectivity index (χ0n) is 10.3. The van der Waals surface area contributed by atoms with Gasteiger partial charge in [0.25, 0.3) is 0 Å². The quantitative estimate of drug-likeness (QED) is 0.626. The molecule has 1 aromatic carbocycles. The van der Waals surface area contributed by atoms with Gasteiger partial charge in [-0.25, -0.2) is 4.39 Å². The molecule has 2 rings (SSSR count). The minimum absolute atomic E-state index is 0.247. The first-order chi connectivity index (χ1) is 8.74. The predicted octanol–water partition coefficient (Wildman–Crippen LogP) is 1.79. The Balaban J connectivity index is 2.17. The SMILES string of the molecule is CCn1cc(CC(NN)c2ccccc2F)cn1. The Kier molecular flexibility index (Phi) is 4.07. The van der Waals surface area contributed by atoms with Crippen molar-refractivity contribution in [2.24, 2.45) is 5.84 Å². The summed E-state index contributed by atoms with van der Waals surface area (Å²) in [7, 11) is 0. The number of hydrazine groups is 1. The van der Waals surface area contributed by atoms with Crippen LogP contribution in [-0.2, 0) is 13.0 Å². The summed E-state index contributed by atoms with van der Waals surface area (Å²) in [6, 6.07) is 6.40. The normalized spacial score (nSPS) is 12.6. The molecule has 3 N–H and O–H groups in total. The highest BCUT2D eigenvalue weighted by Gasteiger charge is 2.15. The van der Waals surface area contributed by atoms with Crippen molar-refractivity contribution in [3.8, 4) is 0 Å².